The highest BCUT2D eigenvalue weighted by Crippen LogP contribution is 2.26. The van der Waals surface area contributed by atoms with E-state index in [9.17, 15) is 4.79 Å². The summed E-state index contributed by atoms with van der Waals surface area (Å²) in [5.41, 5.74) is 1.45. The van der Waals surface area contributed by atoms with Gasteiger partial charge in [-0.3, -0.25) is 14.7 Å². The van der Waals surface area contributed by atoms with Gasteiger partial charge in [-0.25, -0.2) is 9.98 Å². The van der Waals surface area contributed by atoms with Gasteiger partial charge in [0.1, 0.15) is 0 Å². The second kappa shape index (κ2) is 7.11. The normalized spacial score (nSPS) is 20.1. The van der Waals surface area contributed by atoms with Gasteiger partial charge in [0.15, 0.2) is 6.17 Å². The minimum Gasteiger partial charge on any atom is -0.353 e. The Hall–Kier alpha value is -2.34. The highest BCUT2D eigenvalue weighted by Gasteiger charge is 2.26. The number of aromatic nitrogens is 2. The maximum atomic E-state index is 12.6. The van der Waals surface area contributed by atoms with E-state index in [1.165, 1.54) is 25.3 Å². The molecule has 1 atom stereocenters. The van der Waals surface area contributed by atoms with E-state index in [4.69, 9.17) is 16.6 Å². The lowest BCUT2D eigenvalue weighted by Gasteiger charge is -2.30. The first-order valence-electron chi connectivity index (χ1n) is 9.07. The minimum atomic E-state index is -0.463. The third-order valence-electron chi connectivity index (χ3n) is 4.92. The molecule has 1 fully saturated rings. The smallest absolute Gasteiger partial charge is 0.257 e. The molecule has 1 aromatic carbocycles. The van der Waals surface area contributed by atoms with Crippen LogP contribution in [0.4, 0.5) is 5.95 Å². The van der Waals surface area contributed by atoms with Crippen LogP contribution in [-0.2, 0) is 0 Å². The van der Waals surface area contributed by atoms with Crippen molar-refractivity contribution in [1.29, 1.82) is 0 Å². The summed E-state index contributed by atoms with van der Waals surface area (Å²) in [5, 5.41) is 7.36. The Bertz CT molecular complexity index is 884. The number of nitrogens with one attached hydrogen (secondary N) is 2. The predicted octanol–water partition coefficient (Wildman–Crippen LogP) is 3.46. The zero-order valence-electron chi connectivity index (χ0n) is 14.7. The van der Waals surface area contributed by atoms with Gasteiger partial charge in [-0.05, 0) is 37.5 Å². The van der Waals surface area contributed by atoms with Crippen molar-refractivity contribution < 1.29 is 0 Å². The first-order chi connectivity index (χ1) is 12.6. The van der Waals surface area contributed by atoms with Crippen molar-refractivity contribution in [1.82, 2.24) is 14.9 Å². The molecule has 2 heterocycles. The standard InChI is InChI=1S/C19H22ClN5O/c1-12-11-16(26)25-17(13-7-9-14(20)10-8-13)23-18(24-19(25)21-12)22-15-5-3-2-4-6-15/h7-11,15,17H,2-6H2,1H3,(H2,21,22,23,24)/t17-/m0/s1. The summed E-state index contributed by atoms with van der Waals surface area (Å²) in [6.07, 6.45) is 5.58. The van der Waals surface area contributed by atoms with Crippen LogP contribution in [0.15, 0.2) is 40.1 Å². The first kappa shape index (κ1) is 17.1. The molecule has 0 saturated heterocycles. The molecule has 1 aliphatic carbocycles. The largest absolute Gasteiger partial charge is 0.353 e. The average molecular weight is 372 g/mol. The molecular weight excluding hydrogens is 350 g/mol. The van der Waals surface area contributed by atoms with E-state index in [2.05, 4.69) is 15.6 Å². The fraction of sp³-hybridized carbons (Fsp3) is 0.421. The average Bonchev–Trinajstić information content (AvgIpc) is 2.62. The first-order valence-corrected chi connectivity index (χ1v) is 9.45. The van der Waals surface area contributed by atoms with E-state index >= 15 is 0 Å². The van der Waals surface area contributed by atoms with Crippen LogP contribution in [-0.4, -0.2) is 21.6 Å². The molecule has 0 bridgehead atoms. The van der Waals surface area contributed by atoms with Crippen molar-refractivity contribution in [2.75, 3.05) is 5.32 Å². The Morgan fingerprint density at radius 2 is 1.92 bits per heavy atom. The fourth-order valence-electron chi connectivity index (χ4n) is 3.62. The minimum absolute atomic E-state index is 0.125. The predicted molar refractivity (Wildman–Crippen MR) is 104 cm³/mol. The molecule has 1 aliphatic heterocycles. The van der Waals surface area contributed by atoms with Crippen LogP contribution in [0, 0.1) is 6.92 Å². The van der Waals surface area contributed by atoms with Gasteiger partial charge in [-0.15, -0.1) is 0 Å². The molecule has 4 rings (SSSR count). The summed E-state index contributed by atoms with van der Waals surface area (Å²) >= 11 is 6.02. The zero-order valence-corrected chi connectivity index (χ0v) is 15.5. The molecule has 1 aromatic heterocycles. The number of aliphatic imine (C=N–C) groups is 1. The maximum absolute atomic E-state index is 12.6. The van der Waals surface area contributed by atoms with Gasteiger partial charge < -0.3 is 5.32 Å². The van der Waals surface area contributed by atoms with Crippen LogP contribution in [0.1, 0.15) is 49.5 Å². The molecule has 0 unspecified atom stereocenters. The second-order valence-electron chi connectivity index (χ2n) is 6.94. The Kier molecular flexibility index (Phi) is 4.68. The third kappa shape index (κ3) is 3.46. The van der Waals surface area contributed by atoms with Crippen LogP contribution in [0.25, 0.3) is 0 Å². The SMILES string of the molecule is Cc1cc(=O)n2c(n1)NC(NC1CCCCC1)=N[C@@H]2c1ccc(Cl)cc1. The number of rotatable bonds is 2. The molecule has 2 aliphatic rings. The second-order valence-corrected chi connectivity index (χ2v) is 7.37. The van der Waals surface area contributed by atoms with E-state index in [1.54, 1.807) is 4.57 Å². The van der Waals surface area contributed by atoms with Crippen molar-refractivity contribution in [2.45, 2.75) is 51.2 Å². The molecule has 0 radical (unpaired) electrons. The lowest BCUT2D eigenvalue weighted by Crippen LogP contribution is -2.45. The molecule has 6 nitrogen and oxygen atoms in total. The topological polar surface area (TPSA) is 71.3 Å². The Morgan fingerprint density at radius 1 is 1.19 bits per heavy atom. The monoisotopic (exact) mass is 371 g/mol. The number of aryl methyl sites for hydroxylation is 1. The number of nitrogens with zero attached hydrogens (tertiary/aromatic N) is 3. The van der Waals surface area contributed by atoms with E-state index in [-0.39, 0.29) is 5.56 Å². The quantitative estimate of drug-likeness (QED) is 0.848. The summed E-state index contributed by atoms with van der Waals surface area (Å²) in [7, 11) is 0. The summed E-state index contributed by atoms with van der Waals surface area (Å²) in [4.78, 5) is 21.9. The van der Waals surface area contributed by atoms with Crippen LogP contribution in [0.3, 0.4) is 0 Å². The Balaban J connectivity index is 1.73. The van der Waals surface area contributed by atoms with Crippen molar-refractivity contribution in [3.05, 3.63) is 57.0 Å². The number of guanidine groups is 1. The summed E-state index contributed by atoms with van der Waals surface area (Å²) in [6, 6.07) is 9.36. The van der Waals surface area contributed by atoms with E-state index in [0.717, 1.165) is 18.4 Å². The number of anilines is 1. The molecular formula is C19H22ClN5O. The number of benzene rings is 1. The van der Waals surface area contributed by atoms with Crippen LogP contribution in [0.5, 0.6) is 0 Å². The molecule has 0 amide bonds. The van der Waals surface area contributed by atoms with Crippen LogP contribution >= 0.6 is 11.6 Å². The fourth-order valence-corrected chi connectivity index (χ4v) is 3.75. The van der Waals surface area contributed by atoms with Gasteiger partial charge in [0.05, 0.1) is 0 Å². The lowest BCUT2D eigenvalue weighted by atomic mass is 9.96. The third-order valence-corrected chi connectivity index (χ3v) is 5.17. The molecule has 26 heavy (non-hydrogen) atoms. The highest BCUT2D eigenvalue weighted by molar-refractivity contribution is 6.30. The molecule has 136 valence electrons. The Labute approximate surface area is 157 Å². The van der Waals surface area contributed by atoms with Crippen LogP contribution < -0.4 is 16.2 Å². The van der Waals surface area contributed by atoms with Crippen molar-refractivity contribution in [3.8, 4) is 0 Å². The maximum Gasteiger partial charge on any atom is 0.257 e. The number of fused-ring (bicyclic) bond motifs is 1. The van der Waals surface area contributed by atoms with Gasteiger partial charge in [0, 0.05) is 22.8 Å². The number of halogens is 1. The van der Waals surface area contributed by atoms with E-state index in [1.807, 2.05) is 31.2 Å². The number of hydrogen-bond donors (Lipinski definition) is 2. The van der Waals surface area contributed by atoms with Crippen molar-refractivity contribution in [2.24, 2.45) is 4.99 Å². The summed E-state index contributed by atoms with van der Waals surface area (Å²) < 4.78 is 1.59. The van der Waals surface area contributed by atoms with E-state index in [0.29, 0.717) is 28.7 Å². The highest BCUT2D eigenvalue weighted by atomic mass is 35.5. The van der Waals surface area contributed by atoms with E-state index < -0.39 is 6.17 Å². The summed E-state index contributed by atoms with van der Waals surface area (Å²) in [6.45, 7) is 1.82. The molecule has 7 heteroatoms. The molecule has 0 spiro atoms. The lowest BCUT2D eigenvalue weighted by molar-refractivity contribution is 0.410. The molecule has 1 saturated carbocycles. The zero-order chi connectivity index (χ0) is 18.1. The number of hydrogen-bond acceptors (Lipinski definition) is 5. The molecule has 2 aromatic rings. The van der Waals surface area contributed by atoms with Crippen LogP contribution in [0.2, 0.25) is 5.02 Å². The van der Waals surface area contributed by atoms with Gasteiger partial charge >= 0.3 is 0 Å². The summed E-state index contributed by atoms with van der Waals surface area (Å²) in [5.74, 6) is 1.19. The van der Waals surface area contributed by atoms with Crippen molar-refractivity contribution >= 4 is 23.5 Å². The Morgan fingerprint density at radius 3 is 2.65 bits per heavy atom. The van der Waals surface area contributed by atoms with Crippen molar-refractivity contribution in [3.63, 3.8) is 0 Å². The molecule has 2 N–H and O–H groups in total. The van der Waals surface area contributed by atoms with Gasteiger partial charge in [-0.1, -0.05) is 43.0 Å². The van der Waals surface area contributed by atoms with Gasteiger partial charge in [-0.2, -0.15) is 0 Å². The van der Waals surface area contributed by atoms with Gasteiger partial charge in [0.2, 0.25) is 11.9 Å². The van der Waals surface area contributed by atoms with Gasteiger partial charge in [0.25, 0.3) is 5.56 Å².